The largest absolute Gasteiger partial charge is 0.354 e. The average Bonchev–Trinajstić information content (AvgIpc) is 3.32. The Morgan fingerprint density at radius 3 is 2.71 bits per heavy atom. The van der Waals surface area contributed by atoms with Gasteiger partial charge in [-0.15, -0.1) is 5.10 Å². The van der Waals surface area contributed by atoms with Crippen LogP contribution in [-0.4, -0.2) is 39.8 Å². The summed E-state index contributed by atoms with van der Waals surface area (Å²) in [5.74, 6) is 3.12. The van der Waals surface area contributed by atoms with E-state index in [-0.39, 0.29) is 0 Å². The van der Waals surface area contributed by atoms with Crippen LogP contribution in [0.2, 0.25) is 0 Å². The second-order valence-corrected chi connectivity index (χ2v) is 7.29. The minimum Gasteiger partial charge on any atom is -0.354 e. The number of hydrogen-bond donors (Lipinski definition) is 1. The number of rotatable bonds is 5. The molecular formula is C18H22N6. The first kappa shape index (κ1) is 14.1. The molecule has 2 fully saturated rings. The smallest absolute Gasteiger partial charge is 0.222 e. The molecule has 6 nitrogen and oxygen atoms in total. The predicted octanol–water partition coefficient (Wildman–Crippen LogP) is 2.18. The Labute approximate surface area is 141 Å². The standard InChI is InChI=1S/C18H22N6/c1-2-14-6-17(23-22-16(14)3-1)24-10-12(11-24)7-19-18-20-8-15(9-21-18)13-4-5-13/h6,8-9,12-13H,1-5,7,10-11H2,(H,19,20,21). The van der Waals surface area contributed by atoms with Crippen molar-refractivity contribution in [3.8, 4) is 0 Å². The van der Waals surface area contributed by atoms with Gasteiger partial charge in [0, 0.05) is 37.9 Å². The summed E-state index contributed by atoms with van der Waals surface area (Å²) in [6, 6.07) is 2.23. The van der Waals surface area contributed by atoms with Crippen molar-refractivity contribution in [2.75, 3.05) is 29.9 Å². The third-order valence-corrected chi connectivity index (χ3v) is 5.36. The second-order valence-electron chi connectivity index (χ2n) is 7.29. The highest BCUT2D eigenvalue weighted by Gasteiger charge is 2.29. The summed E-state index contributed by atoms with van der Waals surface area (Å²) in [4.78, 5) is 11.2. The third kappa shape index (κ3) is 2.70. The maximum atomic E-state index is 4.43. The number of nitrogens with one attached hydrogen (secondary N) is 1. The number of hydrogen-bond acceptors (Lipinski definition) is 6. The van der Waals surface area contributed by atoms with E-state index in [4.69, 9.17) is 0 Å². The van der Waals surface area contributed by atoms with Gasteiger partial charge >= 0.3 is 0 Å². The molecule has 2 aromatic rings. The summed E-state index contributed by atoms with van der Waals surface area (Å²) in [7, 11) is 0. The van der Waals surface area contributed by atoms with Crippen molar-refractivity contribution in [2.24, 2.45) is 5.92 Å². The van der Waals surface area contributed by atoms with E-state index in [0.29, 0.717) is 11.8 Å². The normalized spacial score (nSPS) is 19.9. The zero-order valence-corrected chi connectivity index (χ0v) is 13.8. The van der Waals surface area contributed by atoms with Crippen LogP contribution in [0.4, 0.5) is 11.8 Å². The Morgan fingerprint density at radius 1 is 1.08 bits per heavy atom. The van der Waals surface area contributed by atoms with E-state index in [0.717, 1.165) is 44.2 Å². The fraction of sp³-hybridized carbons (Fsp3) is 0.556. The highest BCUT2D eigenvalue weighted by atomic mass is 15.3. The van der Waals surface area contributed by atoms with Crippen molar-refractivity contribution in [3.05, 3.63) is 35.3 Å². The van der Waals surface area contributed by atoms with Crippen LogP contribution in [0.3, 0.4) is 0 Å². The zero-order chi connectivity index (χ0) is 15.9. The lowest BCUT2D eigenvalue weighted by molar-refractivity contribution is 0.424. The average molecular weight is 322 g/mol. The Kier molecular flexibility index (Phi) is 3.35. The summed E-state index contributed by atoms with van der Waals surface area (Å²) in [5.41, 5.74) is 3.88. The SMILES string of the molecule is c1nc(NCC2CN(c3cc4c(nn3)CCC4)C2)ncc1C1CC1. The minimum absolute atomic E-state index is 0.617. The molecule has 24 heavy (non-hydrogen) atoms. The maximum Gasteiger partial charge on any atom is 0.222 e. The molecule has 1 aliphatic heterocycles. The molecule has 2 aliphatic carbocycles. The van der Waals surface area contributed by atoms with Crippen molar-refractivity contribution in [1.82, 2.24) is 20.2 Å². The molecule has 0 aromatic carbocycles. The lowest BCUT2D eigenvalue weighted by atomic mass is 10.00. The summed E-state index contributed by atoms with van der Waals surface area (Å²) in [5, 5.41) is 12.1. The number of fused-ring (bicyclic) bond motifs is 1. The number of aromatic nitrogens is 4. The minimum atomic E-state index is 0.617. The van der Waals surface area contributed by atoms with Crippen LogP contribution in [0.1, 0.15) is 42.0 Å². The van der Waals surface area contributed by atoms with Crippen LogP contribution in [0.15, 0.2) is 18.5 Å². The van der Waals surface area contributed by atoms with Crippen molar-refractivity contribution in [3.63, 3.8) is 0 Å². The molecule has 6 heteroatoms. The van der Waals surface area contributed by atoms with Crippen molar-refractivity contribution in [1.29, 1.82) is 0 Å². The molecular weight excluding hydrogens is 300 g/mol. The van der Waals surface area contributed by atoms with E-state index in [9.17, 15) is 0 Å². The fourth-order valence-electron chi connectivity index (χ4n) is 3.65. The van der Waals surface area contributed by atoms with E-state index in [2.05, 4.69) is 36.4 Å². The molecule has 1 saturated carbocycles. The summed E-state index contributed by atoms with van der Waals surface area (Å²) in [6.45, 7) is 2.97. The van der Waals surface area contributed by atoms with Crippen LogP contribution < -0.4 is 10.2 Å². The topological polar surface area (TPSA) is 66.8 Å². The number of anilines is 2. The lowest BCUT2D eigenvalue weighted by Crippen LogP contribution is -2.50. The van der Waals surface area contributed by atoms with Crippen LogP contribution in [-0.2, 0) is 12.8 Å². The molecule has 0 atom stereocenters. The van der Waals surface area contributed by atoms with Crippen molar-refractivity contribution in [2.45, 2.75) is 38.0 Å². The molecule has 0 unspecified atom stereocenters. The van der Waals surface area contributed by atoms with Crippen LogP contribution in [0, 0.1) is 5.92 Å². The lowest BCUT2D eigenvalue weighted by Gasteiger charge is -2.40. The zero-order valence-electron chi connectivity index (χ0n) is 13.8. The van der Waals surface area contributed by atoms with Gasteiger partial charge in [0.15, 0.2) is 5.82 Å². The summed E-state index contributed by atoms with van der Waals surface area (Å²) >= 11 is 0. The molecule has 0 radical (unpaired) electrons. The molecule has 0 amide bonds. The van der Waals surface area contributed by atoms with E-state index < -0.39 is 0 Å². The van der Waals surface area contributed by atoms with E-state index in [1.807, 2.05) is 12.4 Å². The molecule has 1 saturated heterocycles. The van der Waals surface area contributed by atoms with Gasteiger partial charge in [0.2, 0.25) is 5.95 Å². The van der Waals surface area contributed by atoms with E-state index >= 15 is 0 Å². The van der Waals surface area contributed by atoms with Crippen molar-refractivity contribution < 1.29 is 0 Å². The monoisotopic (exact) mass is 322 g/mol. The van der Waals surface area contributed by atoms with Gasteiger partial charge in [-0.25, -0.2) is 9.97 Å². The van der Waals surface area contributed by atoms with Crippen LogP contribution >= 0.6 is 0 Å². The number of nitrogens with zero attached hydrogens (tertiary/aromatic N) is 5. The predicted molar refractivity (Wildman–Crippen MR) is 92.3 cm³/mol. The first-order chi connectivity index (χ1) is 11.8. The summed E-state index contributed by atoms with van der Waals surface area (Å²) < 4.78 is 0. The van der Waals surface area contributed by atoms with Crippen LogP contribution in [0.5, 0.6) is 0 Å². The molecule has 0 spiro atoms. The van der Waals surface area contributed by atoms with Crippen LogP contribution in [0.25, 0.3) is 0 Å². The van der Waals surface area contributed by atoms with Gasteiger partial charge in [0.1, 0.15) is 0 Å². The summed E-state index contributed by atoms with van der Waals surface area (Å²) in [6.07, 6.45) is 10.00. The Bertz CT molecular complexity index is 734. The van der Waals surface area contributed by atoms with Gasteiger partial charge in [-0.1, -0.05) is 0 Å². The highest BCUT2D eigenvalue weighted by Crippen LogP contribution is 2.39. The molecule has 3 aliphatic rings. The molecule has 124 valence electrons. The first-order valence-corrected chi connectivity index (χ1v) is 9.01. The second kappa shape index (κ2) is 5.69. The Hall–Kier alpha value is -2.24. The van der Waals surface area contributed by atoms with Crippen molar-refractivity contribution >= 4 is 11.8 Å². The quantitative estimate of drug-likeness (QED) is 0.910. The highest BCUT2D eigenvalue weighted by molar-refractivity contribution is 5.45. The fourth-order valence-corrected chi connectivity index (χ4v) is 3.65. The van der Waals surface area contributed by atoms with E-state index in [1.165, 1.54) is 36.1 Å². The van der Waals surface area contributed by atoms with E-state index in [1.54, 1.807) is 0 Å². The van der Waals surface area contributed by atoms with Gasteiger partial charge < -0.3 is 10.2 Å². The van der Waals surface area contributed by atoms with Gasteiger partial charge in [-0.2, -0.15) is 5.10 Å². The Balaban J connectivity index is 1.13. The molecule has 3 heterocycles. The van der Waals surface area contributed by atoms with Gasteiger partial charge in [-0.05, 0) is 55.2 Å². The van der Waals surface area contributed by atoms with Gasteiger partial charge in [-0.3, -0.25) is 0 Å². The molecule has 0 bridgehead atoms. The molecule has 5 rings (SSSR count). The number of aryl methyl sites for hydroxylation is 2. The maximum absolute atomic E-state index is 4.43. The first-order valence-electron chi connectivity index (χ1n) is 9.01. The third-order valence-electron chi connectivity index (χ3n) is 5.36. The van der Waals surface area contributed by atoms with Gasteiger partial charge in [0.05, 0.1) is 5.69 Å². The molecule has 1 N–H and O–H groups in total. The van der Waals surface area contributed by atoms with Gasteiger partial charge in [0.25, 0.3) is 0 Å². The Morgan fingerprint density at radius 2 is 1.92 bits per heavy atom. The molecule has 2 aromatic heterocycles.